The van der Waals surface area contributed by atoms with E-state index < -0.39 is 0 Å². The zero-order chi connectivity index (χ0) is 13.4. The summed E-state index contributed by atoms with van der Waals surface area (Å²) in [6.45, 7) is 7.83. The van der Waals surface area contributed by atoms with Crippen molar-refractivity contribution in [3.05, 3.63) is 27.1 Å². The van der Waals surface area contributed by atoms with Crippen LogP contribution in [0.4, 0.5) is 0 Å². The van der Waals surface area contributed by atoms with Crippen LogP contribution in [-0.2, 0) is 6.54 Å². The van der Waals surface area contributed by atoms with Crippen molar-refractivity contribution in [2.24, 2.45) is 0 Å². The lowest BCUT2D eigenvalue weighted by atomic mass is 10.2. The van der Waals surface area contributed by atoms with Crippen molar-refractivity contribution in [2.45, 2.75) is 26.4 Å². The Hall–Kier alpha value is -1.31. The topological polar surface area (TPSA) is 62.5 Å². The van der Waals surface area contributed by atoms with Gasteiger partial charge in [0.2, 0.25) is 4.96 Å². The predicted octanol–water partition coefficient (Wildman–Crippen LogP) is 0.253. The Bertz CT molecular complexity index is 649. The van der Waals surface area contributed by atoms with Gasteiger partial charge >= 0.3 is 0 Å². The molecule has 2 aromatic rings. The summed E-state index contributed by atoms with van der Waals surface area (Å²) in [5.41, 5.74) is 0.648. The number of fused-ring (bicyclic) bond motifs is 1. The van der Waals surface area contributed by atoms with Gasteiger partial charge in [-0.05, 0) is 13.8 Å². The summed E-state index contributed by atoms with van der Waals surface area (Å²) >= 11 is 1.50. The lowest BCUT2D eigenvalue weighted by Crippen LogP contribution is -2.48. The largest absolute Gasteiger partial charge is 0.312 e. The minimum atomic E-state index is -0.0984. The summed E-state index contributed by atoms with van der Waals surface area (Å²) in [5.74, 6) is 0. The molecule has 3 heterocycles. The molecular formula is C12H17N5OS. The molecule has 0 radical (unpaired) electrons. The van der Waals surface area contributed by atoms with Crippen LogP contribution in [0.25, 0.3) is 4.96 Å². The van der Waals surface area contributed by atoms with E-state index in [9.17, 15) is 4.79 Å². The number of hydrogen-bond donors (Lipinski definition) is 1. The Balaban J connectivity index is 1.85. The Kier molecular flexibility index (Phi) is 3.34. The molecule has 102 valence electrons. The molecule has 1 unspecified atom stereocenters. The van der Waals surface area contributed by atoms with E-state index in [-0.39, 0.29) is 5.56 Å². The van der Waals surface area contributed by atoms with E-state index in [2.05, 4.69) is 27.2 Å². The van der Waals surface area contributed by atoms with Gasteiger partial charge in [0.25, 0.3) is 5.56 Å². The minimum Gasteiger partial charge on any atom is -0.312 e. The number of nitrogens with one attached hydrogen (secondary N) is 1. The fraction of sp³-hybridized carbons (Fsp3) is 0.583. The quantitative estimate of drug-likeness (QED) is 0.854. The van der Waals surface area contributed by atoms with Crippen LogP contribution in [-0.4, -0.2) is 45.2 Å². The van der Waals surface area contributed by atoms with Crippen molar-refractivity contribution in [1.29, 1.82) is 0 Å². The number of rotatable bonds is 2. The SMILES string of the molecule is Cc1cc(=O)n2nc(CN3CCNC(C)C3)sc2n1. The zero-order valence-corrected chi connectivity index (χ0v) is 11.9. The molecule has 0 aliphatic carbocycles. The highest BCUT2D eigenvalue weighted by atomic mass is 32.1. The molecule has 2 aromatic heterocycles. The van der Waals surface area contributed by atoms with Crippen molar-refractivity contribution in [3.8, 4) is 0 Å². The van der Waals surface area contributed by atoms with Gasteiger partial charge in [0.05, 0.1) is 6.54 Å². The van der Waals surface area contributed by atoms with Crippen molar-refractivity contribution < 1.29 is 0 Å². The number of hydrogen-bond acceptors (Lipinski definition) is 6. The third kappa shape index (κ3) is 2.68. The molecule has 7 heteroatoms. The fourth-order valence-corrected chi connectivity index (χ4v) is 3.36. The smallest absolute Gasteiger partial charge is 0.275 e. The number of aryl methyl sites for hydroxylation is 1. The highest BCUT2D eigenvalue weighted by Crippen LogP contribution is 2.14. The van der Waals surface area contributed by atoms with Crippen LogP contribution in [0, 0.1) is 6.92 Å². The maximum Gasteiger partial charge on any atom is 0.275 e. The molecule has 1 aliphatic rings. The Morgan fingerprint density at radius 2 is 2.42 bits per heavy atom. The Labute approximate surface area is 115 Å². The third-order valence-electron chi connectivity index (χ3n) is 3.23. The first-order chi connectivity index (χ1) is 9.11. The molecule has 0 saturated carbocycles. The molecule has 1 aliphatic heterocycles. The van der Waals surface area contributed by atoms with Crippen molar-refractivity contribution >= 4 is 16.3 Å². The molecule has 6 nitrogen and oxygen atoms in total. The van der Waals surface area contributed by atoms with Gasteiger partial charge in [-0.3, -0.25) is 9.69 Å². The van der Waals surface area contributed by atoms with Crippen LogP contribution >= 0.6 is 11.3 Å². The molecule has 1 N–H and O–H groups in total. The summed E-state index contributed by atoms with van der Waals surface area (Å²) in [5, 5.41) is 8.73. The summed E-state index contributed by atoms with van der Waals surface area (Å²) in [4.78, 5) is 19.2. The van der Waals surface area contributed by atoms with Crippen molar-refractivity contribution in [1.82, 2.24) is 24.8 Å². The molecule has 0 aromatic carbocycles. The average Bonchev–Trinajstić information content (AvgIpc) is 2.71. The molecule has 0 amide bonds. The lowest BCUT2D eigenvalue weighted by molar-refractivity contribution is 0.199. The van der Waals surface area contributed by atoms with Crippen LogP contribution < -0.4 is 10.9 Å². The summed E-state index contributed by atoms with van der Waals surface area (Å²) in [7, 11) is 0. The van der Waals surface area contributed by atoms with E-state index >= 15 is 0 Å². The van der Waals surface area contributed by atoms with E-state index in [1.807, 2.05) is 6.92 Å². The second kappa shape index (κ2) is 4.99. The van der Waals surface area contributed by atoms with E-state index in [4.69, 9.17) is 0 Å². The van der Waals surface area contributed by atoms with E-state index in [1.54, 1.807) is 0 Å². The maximum absolute atomic E-state index is 11.8. The highest BCUT2D eigenvalue weighted by molar-refractivity contribution is 7.16. The van der Waals surface area contributed by atoms with Crippen molar-refractivity contribution in [3.63, 3.8) is 0 Å². The second-order valence-corrected chi connectivity index (χ2v) is 6.06. The molecule has 1 saturated heterocycles. The van der Waals surface area contributed by atoms with E-state index in [0.29, 0.717) is 11.0 Å². The van der Waals surface area contributed by atoms with Gasteiger partial charge in [0.1, 0.15) is 5.01 Å². The van der Waals surface area contributed by atoms with Crippen LogP contribution in [0.1, 0.15) is 17.6 Å². The van der Waals surface area contributed by atoms with Gasteiger partial charge < -0.3 is 5.32 Å². The molecular weight excluding hydrogens is 262 g/mol. The normalized spacial score (nSPS) is 21.1. The number of aromatic nitrogens is 3. The molecule has 19 heavy (non-hydrogen) atoms. The standard InChI is InChI=1S/C12H17N5OS/c1-8-5-11(18)17-12(14-8)19-10(15-17)7-16-4-3-13-9(2)6-16/h5,9,13H,3-4,6-7H2,1-2H3. The molecule has 1 fully saturated rings. The van der Waals surface area contributed by atoms with Gasteiger partial charge in [0, 0.05) is 37.4 Å². The Morgan fingerprint density at radius 1 is 1.58 bits per heavy atom. The highest BCUT2D eigenvalue weighted by Gasteiger charge is 2.17. The van der Waals surface area contributed by atoms with E-state index in [0.717, 1.165) is 36.9 Å². The number of piperazine rings is 1. The Morgan fingerprint density at radius 3 is 3.21 bits per heavy atom. The summed E-state index contributed by atoms with van der Waals surface area (Å²) < 4.78 is 1.40. The van der Waals surface area contributed by atoms with Crippen LogP contribution in [0.5, 0.6) is 0 Å². The number of nitrogens with zero attached hydrogens (tertiary/aromatic N) is 4. The first-order valence-electron chi connectivity index (χ1n) is 6.44. The minimum absolute atomic E-state index is 0.0984. The van der Waals surface area contributed by atoms with Gasteiger partial charge in [0.15, 0.2) is 0 Å². The van der Waals surface area contributed by atoms with Gasteiger partial charge in [-0.2, -0.15) is 9.61 Å². The predicted molar refractivity (Wildman–Crippen MR) is 74.6 cm³/mol. The molecule has 3 rings (SSSR count). The first-order valence-corrected chi connectivity index (χ1v) is 7.25. The first kappa shape index (κ1) is 12.7. The molecule has 1 atom stereocenters. The fourth-order valence-electron chi connectivity index (χ4n) is 2.37. The van der Waals surface area contributed by atoms with Crippen LogP contribution in [0.15, 0.2) is 10.9 Å². The maximum atomic E-state index is 11.8. The summed E-state index contributed by atoms with van der Waals surface area (Å²) in [6.07, 6.45) is 0. The monoisotopic (exact) mass is 279 g/mol. The average molecular weight is 279 g/mol. The summed E-state index contributed by atoms with van der Waals surface area (Å²) in [6, 6.07) is 2.02. The van der Waals surface area contributed by atoms with E-state index in [1.165, 1.54) is 21.9 Å². The van der Waals surface area contributed by atoms with Crippen LogP contribution in [0.2, 0.25) is 0 Å². The molecule has 0 bridgehead atoms. The van der Waals surface area contributed by atoms with Crippen LogP contribution in [0.3, 0.4) is 0 Å². The second-order valence-electron chi connectivity index (χ2n) is 5.02. The zero-order valence-electron chi connectivity index (χ0n) is 11.1. The van der Waals surface area contributed by atoms with Gasteiger partial charge in [-0.25, -0.2) is 4.98 Å². The van der Waals surface area contributed by atoms with Gasteiger partial charge in [-0.15, -0.1) is 0 Å². The molecule has 0 spiro atoms. The van der Waals surface area contributed by atoms with Crippen molar-refractivity contribution in [2.75, 3.05) is 19.6 Å². The van der Waals surface area contributed by atoms with Gasteiger partial charge in [-0.1, -0.05) is 11.3 Å². The third-order valence-corrected chi connectivity index (χ3v) is 4.12. The lowest BCUT2D eigenvalue weighted by Gasteiger charge is -2.30.